The van der Waals surface area contributed by atoms with Crippen LogP contribution in [0.25, 0.3) is 0 Å². The summed E-state index contributed by atoms with van der Waals surface area (Å²) in [5.74, 6) is -0.0999. The van der Waals surface area contributed by atoms with Gasteiger partial charge >= 0.3 is 5.97 Å². The third-order valence-electron chi connectivity index (χ3n) is 13.0. The first-order chi connectivity index (χ1) is 31.0. The highest BCUT2D eigenvalue weighted by molar-refractivity contribution is 5.76. The maximum absolute atomic E-state index is 12.5. The summed E-state index contributed by atoms with van der Waals surface area (Å²) in [4.78, 5) is 24.5. The summed E-state index contributed by atoms with van der Waals surface area (Å²) in [6.45, 7) is 4.88. The van der Waals surface area contributed by atoms with Crippen molar-refractivity contribution < 1.29 is 24.5 Å². The molecule has 2 unspecified atom stereocenters. The van der Waals surface area contributed by atoms with Gasteiger partial charge in [-0.3, -0.25) is 9.59 Å². The fourth-order valence-corrected chi connectivity index (χ4v) is 8.63. The molecule has 0 aliphatic rings. The summed E-state index contributed by atoms with van der Waals surface area (Å²) >= 11 is 0. The van der Waals surface area contributed by atoms with E-state index in [-0.39, 0.29) is 18.5 Å². The third kappa shape index (κ3) is 49.6. The highest BCUT2D eigenvalue weighted by Crippen LogP contribution is 2.16. The lowest BCUT2D eigenvalue weighted by molar-refractivity contribution is -0.143. The number of carbonyl (C=O) groups is 2. The van der Waals surface area contributed by atoms with Gasteiger partial charge in [0.1, 0.15) is 0 Å². The average molecular weight is 889 g/mol. The van der Waals surface area contributed by atoms with E-state index in [0.717, 1.165) is 57.8 Å². The number of ether oxygens (including phenoxy) is 1. The number of nitrogens with one attached hydrogen (secondary N) is 1. The van der Waals surface area contributed by atoms with Gasteiger partial charge in [0, 0.05) is 12.8 Å². The zero-order valence-corrected chi connectivity index (χ0v) is 42.3. The second-order valence-electron chi connectivity index (χ2n) is 19.3. The van der Waals surface area contributed by atoms with E-state index in [2.05, 4.69) is 31.3 Å². The Labute approximate surface area is 392 Å². The molecule has 372 valence electrons. The molecule has 0 spiro atoms. The van der Waals surface area contributed by atoms with E-state index in [1.54, 1.807) is 6.08 Å². The van der Waals surface area contributed by atoms with E-state index in [4.69, 9.17) is 4.74 Å². The molecule has 0 fully saturated rings. The maximum Gasteiger partial charge on any atom is 0.305 e. The predicted octanol–water partition coefficient (Wildman–Crippen LogP) is 17.1. The number of hydrogen-bond acceptors (Lipinski definition) is 5. The van der Waals surface area contributed by atoms with E-state index in [1.807, 2.05) is 6.08 Å². The molecule has 3 N–H and O–H groups in total. The number of aliphatic hydroxyl groups is 2. The molecule has 0 aliphatic carbocycles. The lowest BCUT2D eigenvalue weighted by Gasteiger charge is -2.20. The SMILES string of the molecule is CCCCCCCCC/C=C\CCCCCCCC(=O)OCCCCCCCCCCCCCCC(=O)NC(CO)C(O)/C=C/CCCCCCCCCCCCCCCCCC. The summed E-state index contributed by atoms with van der Waals surface area (Å²) in [6.07, 6.45) is 63.3. The highest BCUT2D eigenvalue weighted by Gasteiger charge is 2.18. The summed E-state index contributed by atoms with van der Waals surface area (Å²) < 4.78 is 5.47. The number of esters is 1. The Kier molecular flexibility index (Phi) is 51.6. The number of amides is 1. The molecule has 0 aliphatic heterocycles. The van der Waals surface area contributed by atoms with Crippen molar-refractivity contribution in [3.63, 3.8) is 0 Å². The van der Waals surface area contributed by atoms with Crippen molar-refractivity contribution in [3.8, 4) is 0 Å². The first-order valence-corrected chi connectivity index (χ1v) is 28.1. The van der Waals surface area contributed by atoms with E-state index >= 15 is 0 Å². The van der Waals surface area contributed by atoms with E-state index < -0.39 is 12.1 Å². The van der Waals surface area contributed by atoms with Crippen LogP contribution < -0.4 is 5.32 Å². The first kappa shape index (κ1) is 61.3. The van der Waals surface area contributed by atoms with Crippen molar-refractivity contribution in [2.75, 3.05) is 13.2 Å². The van der Waals surface area contributed by atoms with Gasteiger partial charge in [0.25, 0.3) is 0 Å². The molecular formula is C57H109NO5. The normalized spacial score (nSPS) is 12.8. The van der Waals surface area contributed by atoms with Crippen LogP contribution in [0, 0.1) is 0 Å². The van der Waals surface area contributed by atoms with E-state index in [0.29, 0.717) is 19.4 Å². The molecule has 0 bridgehead atoms. The number of rotatable bonds is 52. The van der Waals surface area contributed by atoms with Crippen molar-refractivity contribution in [1.29, 1.82) is 0 Å². The summed E-state index contributed by atoms with van der Waals surface area (Å²) in [7, 11) is 0. The van der Waals surface area contributed by atoms with Gasteiger partial charge in [0.15, 0.2) is 0 Å². The Hall–Kier alpha value is -1.66. The van der Waals surface area contributed by atoms with Crippen LogP contribution in [0.4, 0.5) is 0 Å². The molecule has 0 rings (SSSR count). The van der Waals surface area contributed by atoms with Crippen molar-refractivity contribution in [2.24, 2.45) is 0 Å². The Balaban J connectivity index is 3.49. The molecule has 0 aromatic carbocycles. The average Bonchev–Trinajstić information content (AvgIpc) is 3.28. The molecule has 0 aromatic rings. The molecule has 0 aromatic heterocycles. The Morgan fingerprint density at radius 1 is 0.429 bits per heavy atom. The van der Waals surface area contributed by atoms with Crippen LogP contribution in [0.2, 0.25) is 0 Å². The number of hydrogen-bond donors (Lipinski definition) is 3. The standard InChI is InChI=1S/C57H109NO5/c1-3-5-7-9-11-13-15-17-19-21-22-23-25-29-33-37-41-45-49-55(60)54(53-59)58-56(61)50-46-42-38-34-30-27-28-32-36-40-44-48-52-63-57(62)51-47-43-39-35-31-26-24-20-18-16-14-12-10-8-6-4-2/h20,24,45,49,54-55,59-60H,3-19,21-23,25-44,46-48,50-53H2,1-2H3,(H,58,61)/b24-20-,49-45+. The topological polar surface area (TPSA) is 95.9 Å². The number of carbonyl (C=O) groups excluding carboxylic acids is 2. The largest absolute Gasteiger partial charge is 0.466 e. The molecule has 6 nitrogen and oxygen atoms in total. The van der Waals surface area contributed by atoms with Crippen molar-refractivity contribution in [1.82, 2.24) is 5.32 Å². The minimum atomic E-state index is -0.855. The van der Waals surface area contributed by atoms with Gasteiger partial charge in [-0.05, 0) is 57.8 Å². The number of unbranched alkanes of at least 4 members (excludes halogenated alkanes) is 39. The molecule has 0 heterocycles. The van der Waals surface area contributed by atoms with Gasteiger partial charge in [-0.15, -0.1) is 0 Å². The van der Waals surface area contributed by atoms with E-state index in [1.165, 1.54) is 218 Å². The van der Waals surface area contributed by atoms with Gasteiger partial charge in [0.05, 0.1) is 25.4 Å². The fraction of sp³-hybridized carbons (Fsp3) is 0.895. The second kappa shape index (κ2) is 53.0. The summed E-state index contributed by atoms with van der Waals surface area (Å²) in [5, 5.41) is 23.1. The van der Waals surface area contributed by atoms with Crippen LogP contribution in [0.15, 0.2) is 24.3 Å². The fourth-order valence-electron chi connectivity index (χ4n) is 8.63. The zero-order chi connectivity index (χ0) is 45.8. The zero-order valence-electron chi connectivity index (χ0n) is 42.3. The summed E-state index contributed by atoms with van der Waals surface area (Å²) in [6, 6.07) is -0.640. The molecule has 0 saturated carbocycles. The van der Waals surface area contributed by atoms with Gasteiger partial charge < -0.3 is 20.3 Å². The van der Waals surface area contributed by atoms with Gasteiger partial charge in [-0.1, -0.05) is 256 Å². The minimum absolute atomic E-state index is 0.0179. The molecule has 63 heavy (non-hydrogen) atoms. The van der Waals surface area contributed by atoms with Crippen molar-refractivity contribution in [3.05, 3.63) is 24.3 Å². The highest BCUT2D eigenvalue weighted by atomic mass is 16.5. The van der Waals surface area contributed by atoms with Crippen LogP contribution in [-0.4, -0.2) is 47.4 Å². The molecule has 6 heteroatoms. The minimum Gasteiger partial charge on any atom is -0.466 e. The van der Waals surface area contributed by atoms with Crippen LogP contribution in [-0.2, 0) is 14.3 Å². The molecule has 2 atom stereocenters. The molecule has 0 radical (unpaired) electrons. The monoisotopic (exact) mass is 888 g/mol. The van der Waals surface area contributed by atoms with Gasteiger partial charge in [-0.25, -0.2) is 0 Å². The molecular weight excluding hydrogens is 779 g/mol. The van der Waals surface area contributed by atoms with Gasteiger partial charge in [-0.2, -0.15) is 0 Å². The van der Waals surface area contributed by atoms with Crippen LogP contribution in [0.5, 0.6) is 0 Å². The lowest BCUT2D eigenvalue weighted by atomic mass is 10.0. The number of allylic oxidation sites excluding steroid dienone is 3. The Bertz CT molecular complexity index is 982. The lowest BCUT2D eigenvalue weighted by Crippen LogP contribution is -2.45. The van der Waals surface area contributed by atoms with Crippen molar-refractivity contribution in [2.45, 2.75) is 315 Å². The van der Waals surface area contributed by atoms with Crippen molar-refractivity contribution >= 4 is 11.9 Å². The van der Waals surface area contributed by atoms with E-state index in [9.17, 15) is 19.8 Å². The first-order valence-electron chi connectivity index (χ1n) is 28.1. The summed E-state index contributed by atoms with van der Waals surface area (Å²) in [5.41, 5.74) is 0. The van der Waals surface area contributed by atoms with Gasteiger partial charge in [0.2, 0.25) is 5.91 Å². The smallest absolute Gasteiger partial charge is 0.305 e. The van der Waals surface area contributed by atoms with Crippen LogP contribution in [0.3, 0.4) is 0 Å². The Morgan fingerprint density at radius 3 is 1.13 bits per heavy atom. The third-order valence-corrected chi connectivity index (χ3v) is 13.0. The molecule has 0 saturated heterocycles. The predicted molar refractivity (Wildman–Crippen MR) is 273 cm³/mol. The number of aliphatic hydroxyl groups excluding tert-OH is 2. The second-order valence-corrected chi connectivity index (χ2v) is 19.3. The maximum atomic E-state index is 12.5. The Morgan fingerprint density at radius 2 is 0.746 bits per heavy atom. The molecule has 1 amide bonds. The quantitative estimate of drug-likeness (QED) is 0.0321. The van der Waals surface area contributed by atoms with Crippen LogP contribution in [0.1, 0.15) is 303 Å². The van der Waals surface area contributed by atoms with Crippen LogP contribution >= 0.6 is 0 Å².